The molecule has 26 heavy (non-hydrogen) atoms. The molecule has 0 saturated heterocycles. The van der Waals surface area contributed by atoms with Crippen LogP contribution in [0.4, 0.5) is 0 Å². The molecule has 0 spiro atoms. The van der Waals surface area contributed by atoms with Gasteiger partial charge in [0.15, 0.2) is 11.5 Å². The summed E-state index contributed by atoms with van der Waals surface area (Å²) >= 11 is 0. The van der Waals surface area contributed by atoms with Crippen LogP contribution in [0.1, 0.15) is 36.6 Å². The second kappa shape index (κ2) is 7.65. The monoisotopic (exact) mass is 351 g/mol. The van der Waals surface area contributed by atoms with Crippen molar-refractivity contribution in [1.29, 1.82) is 0 Å². The zero-order valence-corrected chi connectivity index (χ0v) is 15.8. The fourth-order valence-electron chi connectivity index (χ4n) is 3.51. The predicted octanol–water partition coefficient (Wildman–Crippen LogP) is 4.14. The van der Waals surface area contributed by atoms with Crippen molar-refractivity contribution in [3.63, 3.8) is 0 Å². The summed E-state index contributed by atoms with van der Waals surface area (Å²) in [4.78, 5) is 15.0. The summed E-state index contributed by atoms with van der Waals surface area (Å²) in [5.41, 5.74) is 4.14. The van der Waals surface area contributed by atoms with E-state index < -0.39 is 0 Å². The molecule has 2 aromatic rings. The molecule has 3 rings (SSSR count). The smallest absolute Gasteiger partial charge is 0.249 e. The molecule has 0 bridgehead atoms. The molecule has 0 N–H and O–H groups in total. The SMILES string of the molecule is C/C=C(\C)C(=O)N1CCc2cc(OC)c(OC)cc2[C@H]1c1ccccc1. The largest absolute Gasteiger partial charge is 0.493 e. The number of hydrogen-bond acceptors (Lipinski definition) is 3. The number of methoxy groups -OCH3 is 2. The molecule has 1 aliphatic heterocycles. The van der Waals surface area contributed by atoms with Crippen LogP contribution in [-0.2, 0) is 11.2 Å². The highest BCUT2D eigenvalue weighted by Gasteiger charge is 2.33. The average Bonchev–Trinajstić information content (AvgIpc) is 2.71. The molecule has 0 aliphatic carbocycles. The lowest BCUT2D eigenvalue weighted by molar-refractivity contribution is -0.129. The third-order valence-corrected chi connectivity index (χ3v) is 5.02. The summed E-state index contributed by atoms with van der Waals surface area (Å²) in [5.74, 6) is 1.48. The van der Waals surface area contributed by atoms with Crippen molar-refractivity contribution >= 4 is 5.91 Å². The lowest BCUT2D eigenvalue weighted by atomic mass is 9.87. The van der Waals surface area contributed by atoms with E-state index in [-0.39, 0.29) is 11.9 Å². The quantitative estimate of drug-likeness (QED) is 0.777. The number of rotatable bonds is 4. The van der Waals surface area contributed by atoms with Gasteiger partial charge >= 0.3 is 0 Å². The van der Waals surface area contributed by atoms with Crippen molar-refractivity contribution in [2.24, 2.45) is 0 Å². The molecule has 4 nitrogen and oxygen atoms in total. The summed E-state index contributed by atoms with van der Waals surface area (Å²) in [7, 11) is 3.28. The fraction of sp³-hybridized carbons (Fsp3) is 0.318. The van der Waals surface area contributed by atoms with E-state index in [1.165, 1.54) is 5.56 Å². The Balaban J connectivity index is 2.16. The second-order valence-electron chi connectivity index (χ2n) is 6.44. The number of nitrogens with zero attached hydrogens (tertiary/aromatic N) is 1. The van der Waals surface area contributed by atoms with Gasteiger partial charge in [-0.05, 0) is 49.1 Å². The van der Waals surface area contributed by atoms with Crippen LogP contribution in [0.15, 0.2) is 54.1 Å². The maximum atomic E-state index is 13.0. The number of allylic oxidation sites excluding steroid dienone is 1. The lowest BCUT2D eigenvalue weighted by Gasteiger charge is -2.38. The van der Waals surface area contributed by atoms with Gasteiger partial charge in [-0.15, -0.1) is 0 Å². The molecule has 0 radical (unpaired) electrons. The minimum absolute atomic E-state index is 0.0711. The summed E-state index contributed by atoms with van der Waals surface area (Å²) in [6.45, 7) is 4.44. The molecule has 1 heterocycles. The zero-order chi connectivity index (χ0) is 18.7. The highest BCUT2D eigenvalue weighted by Crippen LogP contribution is 2.41. The molecule has 1 amide bonds. The zero-order valence-electron chi connectivity index (χ0n) is 15.8. The second-order valence-corrected chi connectivity index (χ2v) is 6.44. The Hall–Kier alpha value is -2.75. The molecule has 1 aliphatic rings. The van der Waals surface area contributed by atoms with Crippen LogP contribution in [0.5, 0.6) is 11.5 Å². The first-order valence-corrected chi connectivity index (χ1v) is 8.84. The molecule has 0 aromatic heterocycles. The Labute approximate surface area is 155 Å². The highest BCUT2D eigenvalue weighted by molar-refractivity contribution is 5.93. The van der Waals surface area contributed by atoms with Gasteiger partial charge in [-0.1, -0.05) is 36.4 Å². The molecule has 0 saturated carbocycles. The minimum Gasteiger partial charge on any atom is -0.493 e. The van der Waals surface area contributed by atoms with Gasteiger partial charge in [0.1, 0.15) is 0 Å². The maximum absolute atomic E-state index is 13.0. The number of amides is 1. The molecule has 2 aromatic carbocycles. The summed E-state index contributed by atoms with van der Waals surface area (Å²) < 4.78 is 11.0. The first kappa shape index (κ1) is 18.1. The minimum atomic E-state index is -0.137. The summed E-state index contributed by atoms with van der Waals surface area (Å²) in [6, 6.07) is 14.1. The number of carbonyl (C=O) groups is 1. The molecule has 136 valence electrons. The van der Waals surface area contributed by atoms with Crippen molar-refractivity contribution in [3.05, 3.63) is 70.8 Å². The number of fused-ring (bicyclic) bond motifs is 1. The van der Waals surface area contributed by atoms with E-state index in [0.29, 0.717) is 12.3 Å². The van der Waals surface area contributed by atoms with E-state index in [0.717, 1.165) is 28.9 Å². The summed E-state index contributed by atoms with van der Waals surface area (Å²) in [6.07, 6.45) is 2.66. The Morgan fingerprint density at radius 2 is 1.77 bits per heavy atom. The van der Waals surface area contributed by atoms with Crippen molar-refractivity contribution in [1.82, 2.24) is 4.90 Å². The van der Waals surface area contributed by atoms with Gasteiger partial charge in [-0.2, -0.15) is 0 Å². The molecular formula is C22H25NO3. The third kappa shape index (κ3) is 3.19. The Kier molecular flexibility index (Phi) is 5.31. The molecule has 0 fully saturated rings. The van der Waals surface area contributed by atoms with Gasteiger partial charge in [-0.3, -0.25) is 4.79 Å². The summed E-state index contributed by atoms with van der Waals surface area (Å²) in [5, 5.41) is 0. The van der Waals surface area contributed by atoms with E-state index in [4.69, 9.17) is 9.47 Å². The maximum Gasteiger partial charge on any atom is 0.249 e. The molecule has 0 unspecified atom stereocenters. The number of carbonyl (C=O) groups excluding carboxylic acids is 1. The van der Waals surface area contributed by atoms with Crippen LogP contribution < -0.4 is 9.47 Å². The highest BCUT2D eigenvalue weighted by atomic mass is 16.5. The standard InChI is InChI=1S/C22H25NO3/c1-5-15(2)22(24)23-12-11-17-13-19(25-3)20(26-4)14-18(17)21(23)16-9-7-6-8-10-16/h5-10,13-14,21H,11-12H2,1-4H3/b15-5+/t21-/m1/s1. The van der Waals surface area contributed by atoms with Crippen LogP contribution in [0.2, 0.25) is 0 Å². The van der Waals surface area contributed by atoms with Gasteiger partial charge in [0.25, 0.3) is 0 Å². The average molecular weight is 351 g/mol. The lowest BCUT2D eigenvalue weighted by Crippen LogP contribution is -2.41. The van der Waals surface area contributed by atoms with Crippen LogP contribution in [0, 0.1) is 0 Å². The predicted molar refractivity (Wildman–Crippen MR) is 103 cm³/mol. The first-order valence-electron chi connectivity index (χ1n) is 8.84. The first-order chi connectivity index (χ1) is 12.6. The van der Waals surface area contributed by atoms with E-state index in [1.54, 1.807) is 14.2 Å². The normalized spacial score (nSPS) is 16.8. The fourth-order valence-corrected chi connectivity index (χ4v) is 3.51. The van der Waals surface area contributed by atoms with E-state index in [2.05, 4.69) is 12.1 Å². The Morgan fingerprint density at radius 3 is 2.38 bits per heavy atom. The van der Waals surface area contributed by atoms with E-state index in [9.17, 15) is 4.79 Å². The van der Waals surface area contributed by atoms with Gasteiger partial charge in [-0.25, -0.2) is 0 Å². The van der Waals surface area contributed by atoms with Crippen molar-refractivity contribution in [2.75, 3.05) is 20.8 Å². The van der Waals surface area contributed by atoms with Gasteiger partial charge in [0.05, 0.1) is 20.3 Å². The topological polar surface area (TPSA) is 38.8 Å². The third-order valence-electron chi connectivity index (χ3n) is 5.02. The molecule has 4 heteroatoms. The van der Waals surface area contributed by atoms with Gasteiger partial charge in [0, 0.05) is 12.1 Å². The van der Waals surface area contributed by atoms with Crippen molar-refractivity contribution in [3.8, 4) is 11.5 Å². The molecule has 1 atom stereocenters. The Bertz CT molecular complexity index is 827. The number of benzene rings is 2. The van der Waals surface area contributed by atoms with Crippen LogP contribution >= 0.6 is 0 Å². The van der Waals surface area contributed by atoms with E-state index in [1.807, 2.05) is 55.2 Å². The van der Waals surface area contributed by atoms with Gasteiger partial charge in [0.2, 0.25) is 5.91 Å². The van der Waals surface area contributed by atoms with Crippen molar-refractivity contribution < 1.29 is 14.3 Å². The Morgan fingerprint density at radius 1 is 1.12 bits per heavy atom. The van der Waals surface area contributed by atoms with Crippen LogP contribution in [-0.4, -0.2) is 31.6 Å². The number of hydrogen-bond donors (Lipinski definition) is 0. The van der Waals surface area contributed by atoms with Gasteiger partial charge < -0.3 is 14.4 Å². The van der Waals surface area contributed by atoms with Crippen molar-refractivity contribution in [2.45, 2.75) is 26.3 Å². The van der Waals surface area contributed by atoms with Crippen LogP contribution in [0.25, 0.3) is 0 Å². The number of ether oxygens (including phenoxy) is 2. The molecular weight excluding hydrogens is 326 g/mol. The van der Waals surface area contributed by atoms with Crippen LogP contribution in [0.3, 0.4) is 0 Å². The van der Waals surface area contributed by atoms with E-state index >= 15 is 0 Å².